The first-order chi connectivity index (χ1) is 7.26. The number of halogens is 1. The highest BCUT2D eigenvalue weighted by atomic mass is 79.9. The molecule has 3 heteroatoms. The molecule has 0 aromatic rings. The van der Waals surface area contributed by atoms with E-state index in [1.54, 1.807) is 7.11 Å². The first kappa shape index (κ1) is 11.9. The molecule has 0 aromatic carbocycles. The molecule has 1 N–H and O–H groups in total. The summed E-state index contributed by atoms with van der Waals surface area (Å²) in [4.78, 5) is 0.706. The standard InChI is InChI=1S/C12H21BrO2/c1-15-12-5-2-8-6-9(13)3-4-10(8)11(12)7-14/h8-12,14H,2-7H2,1H3. The Hall–Kier alpha value is 0.400. The molecule has 0 aliphatic heterocycles. The van der Waals surface area contributed by atoms with Gasteiger partial charge < -0.3 is 9.84 Å². The van der Waals surface area contributed by atoms with E-state index in [-0.39, 0.29) is 0 Å². The topological polar surface area (TPSA) is 29.5 Å². The molecule has 0 bridgehead atoms. The Labute approximate surface area is 101 Å². The van der Waals surface area contributed by atoms with Crippen LogP contribution in [0.15, 0.2) is 0 Å². The number of hydrogen-bond donors (Lipinski definition) is 1. The zero-order chi connectivity index (χ0) is 10.8. The van der Waals surface area contributed by atoms with Gasteiger partial charge in [0, 0.05) is 24.5 Å². The summed E-state index contributed by atoms with van der Waals surface area (Å²) >= 11 is 3.73. The molecule has 0 saturated heterocycles. The van der Waals surface area contributed by atoms with Crippen LogP contribution in [0.1, 0.15) is 32.1 Å². The number of aliphatic hydroxyl groups excluding tert-OH is 1. The third-order valence-corrected chi connectivity index (χ3v) is 5.17. The van der Waals surface area contributed by atoms with Crippen LogP contribution in [-0.2, 0) is 4.74 Å². The molecule has 2 aliphatic carbocycles. The van der Waals surface area contributed by atoms with Crippen molar-refractivity contribution >= 4 is 15.9 Å². The number of rotatable bonds is 2. The van der Waals surface area contributed by atoms with Gasteiger partial charge in [-0.15, -0.1) is 0 Å². The van der Waals surface area contributed by atoms with Crippen molar-refractivity contribution in [3.05, 3.63) is 0 Å². The highest BCUT2D eigenvalue weighted by molar-refractivity contribution is 9.09. The number of alkyl halides is 1. The molecule has 2 aliphatic rings. The van der Waals surface area contributed by atoms with E-state index in [2.05, 4.69) is 15.9 Å². The lowest BCUT2D eigenvalue weighted by Crippen LogP contribution is -2.43. The molecule has 0 aromatic heterocycles. The second-order valence-electron chi connectivity index (χ2n) is 5.03. The fourth-order valence-electron chi connectivity index (χ4n) is 3.54. The Bertz CT molecular complexity index is 210. The predicted octanol–water partition coefficient (Wildman–Crippen LogP) is 2.58. The number of fused-ring (bicyclic) bond motifs is 1. The zero-order valence-electron chi connectivity index (χ0n) is 9.36. The van der Waals surface area contributed by atoms with Crippen molar-refractivity contribution in [2.45, 2.75) is 43.0 Å². The monoisotopic (exact) mass is 276 g/mol. The minimum absolute atomic E-state index is 0.295. The number of methoxy groups -OCH3 is 1. The van der Waals surface area contributed by atoms with Crippen LogP contribution in [0.5, 0.6) is 0 Å². The van der Waals surface area contributed by atoms with Gasteiger partial charge in [0.1, 0.15) is 0 Å². The molecule has 2 nitrogen and oxygen atoms in total. The summed E-state index contributed by atoms with van der Waals surface area (Å²) in [5, 5.41) is 9.51. The van der Waals surface area contributed by atoms with Gasteiger partial charge >= 0.3 is 0 Å². The summed E-state index contributed by atoms with van der Waals surface area (Å²) in [5.74, 6) is 1.89. The molecule has 5 unspecified atom stereocenters. The van der Waals surface area contributed by atoms with E-state index in [9.17, 15) is 5.11 Å². The molecule has 88 valence electrons. The van der Waals surface area contributed by atoms with Gasteiger partial charge in [-0.25, -0.2) is 0 Å². The van der Waals surface area contributed by atoms with Crippen molar-refractivity contribution in [3.8, 4) is 0 Å². The average molecular weight is 277 g/mol. The van der Waals surface area contributed by atoms with Gasteiger partial charge in [0.05, 0.1) is 6.10 Å². The van der Waals surface area contributed by atoms with Crippen LogP contribution in [0.2, 0.25) is 0 Å². The molecule has 0 amide bonds. The largest absolute Gasteiger partial charge is 0.396 e. The molecule has 2 fully saturated rings. The van der Waals surface area contributed by atoms with E-state index in [1.165, 1.54) is 25.7 Å². The molecule has 5 atom stereocenters. The molecular weight excluding hydrogens is 256 g/mol. The van der Waals surface area contributed by atoms with Crippen LogP contribution in [0.3, 0.4) is 0 Å². The van der Waals surface area contributed by atoms with E-state index in [0.29, 0.717) is 29.4 Å². The van der Waals surface area contributed by atoms with Gasteiger partial charge in [0.2, 0.25) is 0 Å². The first-order valence-corrected chi connectivity index (χ1v) is 6.95. The van der Waals surface area contributed by atoms with E-state index >= 15 is 0 Å². The fourth-order valence-corrected chi connectivity index (χ4v) is 4.28. The summed E-state index contributed by atoms with van der Waals surface area (Å²) in [7, 11) is 1.78. The summed E-state index contributed by atoms with van der Waals surface area (Å²) in [5.41, 5.74) is 0. The maximum absolute atomic E-state index is 9.51. The third kappa shape index (κ3) is 2.40. The summed E-state index contributed by atoms with van der Waals surface area (Å²) in [6.45, 7) is 0.298. The number of aliphatic hydroxyl groups is 1. The highest BCUT2D eigenvalue weighted by Gasteiger charge is 2.41. The van der Waals surface area contributed by atoms with Crippen molar-refractivity contribution in [2.75, 3.05) is 13.7 Å². The molecular formula is C12H21BrO2. The van der Waals surface area contributed by atoms with Gasteiger partial charge in [0.15, 0.2) is 0 Å². The fraction of sp³-hybridized carbons (Fsp3) is 1.00. The molecule has 0 spiro atoms. The maximum Gasteiger partial charge on any atom is 0.0624 e. The quantitative estimate of drug-likeness (QED) is 0.786. The van der Waals surface area contributed by atoms with Gasteiger partial charge in [0.25, 0.3) is 0 Å². The lowest BCUT2D eigenvalue weighted by Gasteiger charge is -2.45. The first-order valence-electron chi connectivity index (χ1n) is 6.04. The Kier molecular flexibility index (Phi) is 4.08. The lowest BCUT2D eigenvalue weighted by molar-refractivity contribution is -0.0599. The van der Waals surface area contributed by atoms with Crippen molar-refractivity contribution < 1.29 is 9.84 Å². The van der Waals surface area contributed by atoms with Crippen LogP contribution in [-0.4, -0.2) is 29.8 Å². The molecule has 2 saturated carbocycles. The number of hydrogen-bond acceptors (Lipinski definition) is 2. The van der Waals surface area contributed by atoms with E-state index in [4.69, 9.17) is 4.74 Å². The Morgan fingerprint density at radius 1 is 1.27 bits per heavy atom. The van der Waals surface area contributed by atoms with Crippen molar-refractivity contribution in [1.82, 2.24) is 0 Å². The average Bonchev–Trinajstić information content (AvgIpc) is 2.27. The van der Waals surface area contributed by atoms with Crippen LogP contribution in [0.25, 0.3) is 0 Å². The van der Waals surface area contributed by atoms with Crippen molar-refractivity contribution in [3.63, 3.8) is 0 Å². The van der Waals surface area contributed by atoms with Crippen LogP contribution < -0.4 is 0 Å². The van der Waals surface area contributed by atoms with Crippen LogP contribution in [0, 0.1) is 17.8 Å². The second-order valence-corrected chi connectivity index (χ2v) is 6.33. The maximum atomic E-state index is 9.51. The van der Waals surface area contributed by atoms with Crippen LogP contribution >= 0.6 is 15.9 Å². The number of ether oxygens (including phenoxy) is 1. The van der Waals surface area contributed by atoms with E-state index in [0.717, 1.165) is 12.3 Å². The summed E-state index contributed by atoms with van der Waals surface area (Å²) < 4.78 is 5.50. The smallest absolute Gasteiger partial charge is 0.0624 e. The molecule has 2 rings (SSSR count). The summed E-state index contributed by atoms with van der Waals surface area (Å²) in [6, 6.07) is 0. The predicted molar refractivity (Wildman–Crippen MR) is 64.2 cm³/mol. The van der Waals surface area contributed by atoms with E-state index < -0.39 is 0 Å². The van der Waals surface area contributed by atoms with Gasteiger partial charge in [-0.1, -0.05) is 15.9 Å². The SMILES string of the molecule is COC1CCC2CC(Br)CCC2C1CO. The Morgan fingerprint density at radius 3 is 2.73 bits per heavy atom. The second kappa shape index (κ2) is 5.15. The molecule has 15 heavy (non-hydrogen) atoms. The zero-order valence-corrected chi connectivity index (χ0v) is 10.9. The molecule has 0 heterocycles. The minimum Gasteiger partial charge on any atom is -0.396 e. The van der Waals surface area contributed by atoms with Crippen LogP contribution in [0.4, 0.5) is 0 Å². The van der Waals surface area contributed by atoms with Crippen molar-refractivity contribution in [1.29, 1.82) is 0 Å². The Balaban J connectivity index is 2.04. The highest BCUT2D eigenvalue weighted by Crippen LogP contribution is 2.45. The van der Waals surface area contributed by atoms with E-state index in [1.807, 2.05) is 0 Å². The summed E-state index contributed by atoms with van der Waals surface area (Å²) in [6.07, 6.45) is 6.50. The Morgan fingerprint density at radius 2 is 2.07 bits per heavy atom. The normalized spacial score (nSPS) is 46.2. The van der Waals surface area contributed by atoms with Gasteiger partial charge in [-0.05, 0) is 43.9 Å². The van der Waals surface area contributed by atoms with Crippen molar-refractivity contribution in [2.24, 2.45) is 17.8 Å². The van der Waals surface area contributed by atoms with Gasteiger partial charge in [-0.2, -0.15) is 0 Å². The molecule has 0 radical (unpaired) electrons. The lowest BCUT2D eigenvalue weighted by atomic mass is 9.64. The minimum atomic E-state index is 0.295. The van der Waals surface area contributed by atoms with Gasteiger partial charge in [-0.3, -0.25) is 0 Å². The third-order valence-electron chi connectivity index (χ3n) is 4.34.